The number of benzene rings is 1. The second-order valence-corrected chi connectivity index (χ2v) is 5.09. The SMILES string of the molecule is COc1ccc(Nc2nccc(C(=O)NC(C)C)n2)cc1OC. The second kappa shape index (κ2) is 7.44. The molecule has 2 N–H and O–H groups in total. The zero-order valence-corrected chi connectivity index (χ0v) is 13.6. The number of carbonyl (C=O) groups is 1. The van der Waals surface area contributed by atoms with E-state index in [1.807, 2.05) is 19.9 Å². The Bertz CT molecular complexity index is 689. The fourth-order valence-corrected chi connectivity index (χ4v) is 1.92. The van der Waals surface area contributed by atoms with Crippen LogP contribution in [0.15, 0.2) is 30.5 Å². The van der Waals surface area contributed by atoms with Crippen molar-refractivity contribution in [2.75, 3.05) is 19.5 Å². The lowest BCUT2D eigenvalue weighted by atomic mass is 10.2. The summed E-state index contributed by atoms with van der Waals surface area (Å²) in [4.78, 5) is 20.3. The third-order valence-corrected chi connectivity index (χ3v) is 2.95. The molecule has 0 spiro atoms. The van der Waals surface area contributed by atoms with Crippen LogP contribution in [0.25, 0.3) is 0 Å². The topological polar surface area (TPSA) is 85.4 Å². The number of methoxy groups -OCH3 is 2. The highest BCUT2D eigenvalue weighted by molar-refractivity contribution is 5.92. The highest BCUT2D eigenvalue weighted by atomic mass is 16.5. The fraction of sp³-hybridized carbons (Fsp3) is 0.312. The number of nitrogens with zero attached hydrogens (tertiary/aromatic N) is 2. The maximum Gasteiger partial charge on any atom is 0.270 e. The Hall–Kier alpha value is -2.83. The molecule has 0 aliphatic heterocycles. The molecule has 2 rings (SSSR count). The van der Waals surface area contributed by atoms with Crippen LogP contribution in [-0.4, -0.2) is 36.1 Å². The van der Waals surface area contributed by atoms with Crippen molar-refractivity contribution >= 4 is 17.5 Å². The van der Waals surface area contributed by atoms with Crippen molar-refractivity contribution in [1.29, 1.82) is 0 Å². The first-order valence-corrected chi connectivity index (χ1v) is 7.16. The van der Waals surface area contributed by atoms with Crippen molar-refractivity contribution in [1.82, 2.24) is 15.3 Å². The standard InChI is InChI=1S/C16H20N4O3/c1-10(2)18-15(21)12-7-8-17-16(20-12)19-11-5-6-13(22-3)14(9-11)23-4/h5-10H,1-4H3,(H,18,21)(H,17,19,20). The Morgan fingerprint density at radius 2 is 1.87 bits per heavy atom. The summed E-state index contributed by atoms with van der Waals surface area (Å²) in [5, 5.41) is 5.83. The zero-order chi connectivity index (χ0) is 16.8. The number of nitrogens with one attached hydrogen (secondary N) is 2. The summed E-state index contributed by atoms with van der Waals surface area (Å²) < 4.78 is 10.4. The molecule has 1 aromatic carbocycles. The third kappa shape index (κ3) is 4.32. The summed E-state index contributed by atoms with van der Waals surface area (Å²) in [6, 6.07) is 6.96. The normalized spacial score (nSPS) is 10.3. The molecule has 23 heavy (non-hydrogen) atoms. The second-order valence-electron chi connectivity index (χ2n) is 5.09. The van der Waals surface area contributed by atoms with Gasteiger partial charge in [-0.25, -0.2) is 9.97 Å². The minimum Gasteiger partial charge on any atom is -0.493 e. The number of aromatic nitrogens is 2. The first-order valence-electron chi connectivity index (χ1n) is 7.16. The van der Waals surface area contributed by atoms with E-state index >= 15 is 0 Å². The third-order valence-electron chi connectivity index (χ3n) is 2.95. The number of anilines is 2. The van der Waals surface area contributed by atoms with Crippen molar-refractivity contribution in [3.05, 3.63) is 36.2 Å². The molecule has 1 heterocycles. The highest BCUT2D eigenvalue weighted by Crippen LogP contribution is 2.30. The maximum atomic E-state index is 12.0. The molecule has 0 atom stereocenters. The van der Waals surface area contributed by atoms with E-state index in [4.69, 9.17) is 9.47 Å². The van der Waals surface area contributed by atoms with Gasteiger partial charge in [-0.2, -0.15) is 0 Å². The molecule has 1 amide bonds. The molecule has 0 saturated carbocycles. The molecule has 2 aromatic rings. The quantitative estimate of drug-likeness (QED) is 0.851. The number of hydrogen-bond donors (Lipinski definition) is 2. The van der Waals surface area contributed by atoms with Gasteiger partial charge in [0.25, 0.3) is 5.91 Å². The van der Waals surface area contributed by atoms with E-state index in [0.717, 1.165) is 5.69 Å². The largest absolute Gasteiger partial charge is 0.493 e. The van der Waals surface area contributed by atoms with E-state index < -0.39 is 0 Å². The molecule has 0 aliphatic rings. The van der Waals surface area contributed by atoms with Crippen molar-refractivity contribution < 1.29 is 14.3 Å². The average Bonchev–Trinajstić information content (AvgIpc) is 2.54. The average molecular weight is 316 g/mol. The van der Waals surface area contributed by atoms with Crippen LogP contribution in [0.2, 0.25) is 0 Å². The molecule has 1 aromatic heterocycles. The molecule has 0 unspecified atom stereocenters. The summed E-state index contributed by atoms with van der Waals surface area (Å²) in [5.74, 6) is 1.31. The molecule has 0 aliphatic carbocycles. The van der Waals surface area contributed by atoms with Gasteiger partial charge in [-0.3, -0.25) is 4.79 Å². The van der Waals surface area contributed by atoms with E-state index in [1.54, 1.807) is 32.4 Å². The molecular weight excluding hydrogens is 296 g/mol. The van der Waals surface area contributed by atoms with Crippen molar-refractivity contribution in [2.24, 2.45) is 0 Å². The van der Waals surface area contributed by atoms with Gasteiger partial charge in [-0.1, -0.05) is 0 Å². The lowest BCUT2D eigenvalue weighted by Gasteiger charge is -2.11. The number of rotatable bonds is 6. The Morgan fingerprint density at radius 1 is 1.13 bits per heavy atom. The maximum absolute atomic E-state index is 12.0. The Kier molecular flexibility index (Phi) is 5.35. The van der Waals surface area contributed by atoms with Crippen LogP contribution >= 0.6 is 0 Å². The monoisotopic (exact) mass is 316 g/mol. The molecule has 122 valence electrons. The van der Waals surface area contributed by atoms with Gasteiger partial charge in [0.2, 0.25) is 5.95 Å². The van der Waals surface area contributed by atoms with Crippen LogP contribution in [0, 0.1) is 0 Å². The molecule has 0 bridgehead atoms. The van der Waals surface area contributed by atoms with E-state index in [2.05, 4.69) is 20.6 Å². The number of ether oxygens (including phenoxy) is 2. The molecular formula is C16H20N4O3. The molecule has 0 saturated heterocycles. The predicted octanol–water partition coefficient (Wildman–Crippen LogP) is 2.38. The van der Waals surface area contributed by atoms with Gasteiger partial charge in [-0.05, 0) is 32.0 Å². The van der Waals surface area contributed by atoms with Crippen LogP contribution in [0.3, 0.4) is 0 Å². The summed E-state index contributed by atoms with van der Waals surface area (Å²) in [7, 11) is 3.14. The summed E-state index contributed by atoms with van der Waals surface area (Å²) in [5.41, 5.74) is 1.03. The van der Waals surface area contributed by atoms with Gasteiger partial charge < -0.3 is 20.1 Å². The number of hydrogen-bond acceptors (Lipinski definition) is 6. The minimum atomic E-state index is -0.238. The van der Waals surface area contributed by atoms with Gasteiger partial charge in [0.05, 0.1) is 14.2 Å². The van der Waals surface area contributed by atoms with E-state index in [9.17, 15) is 4.79 Å². The van der Waals surface area contributed by atoms with Crippen LogP contribution in [0.1, 0.15) is 24.3 Å². The Labute approximate surface area is 135 Å². The van der Waals surface area contributed by atoms with Crippen LogP contribution in [0.4, 0.5) is 11.6 Å². The fourth-order valence-electron chi connectivity index (χ4n) is 1.92. The van der Waals surface area contributed by atoms with Gasteiger partial charge in [0.1, 0.15) is 5.69 Å². The van der Waals surface area contributed by atoms with Crippen LogP contribution < -0.4 is 20.1 Å². The zero-order valence-electron chi connectivity index (χ0n) is 13.6. The summed E-state index contributed by atoms with van der Waals surface area (Å²) in [6.45, 7) is 3.78. The van der Waals surface area contributed by atoms with Crippen molar-refractivity contribution in [3.63, 3.8) is 0 Å². The molecule has 0 fully saturated rings. The first kappa shape index (κ1) is 16.5. The molecule has 0 radical (unpaired) electrons. The van der Waals surface area contributed by atoms with Crippen molar-refractivity contribution in [2.45, 2.75) is 19.9 Å². The minimum absolute atomic E-state index is 0.0414. The van der Waals surface area contributed by atoms with Crippen LogP contribution in [0.5, 0.6) is 11.5 Å². The predicted molar refractivity (Wildman–Crippen MR) is 87.5 cm³/mol. The highest BCUT2D eigenvalue weighted by Gasteiger charge is 2.11. The first-order chi connectivity index (χ1) is 11.0. The van der Waals surface area contributed by atoms with E-state index in [1.165, 1.54) is 6.20 Å². The number of amides is 1. The number of carbonyl (C=O) groups excluding carboxylic acids is 1. The van der Waals surface area contributed by atoms with E-state index in [0.29, 0.717) is 23.1 Å². The summed E-state index contributed by atoms with van der Waals surface area (Å²) >= 11 is 0. The van der Waals surface area contributed by atoms with Gasteiger partial charge >= 0.3 is 0 Å². The van der Waals surface area contributed by atoms with Crippen molar-refractivity contribution in [3.8, 4) is 11.5 Å². The summed E-state index contributed by atoms with van der Waals surface area (Å²) in [6.07, 6.45) is 1.53. The van der Waals surface area contributed by atoms with Gasteiger partial charge in [-0.15, -0.1) is 0 Å². The molecule has 7 nitrogen and oxygen atoms in total. The van der Waals surface area contributed by atoms with E-state index in [-0.39, 0.29) is 11.9 Å². The smallest absolute Gasteiger partial charge is 0.270 e. The molecule has 7 heteroatoms. The lowest BCUT2D eigenvalue weighted by Crippen LogP contribution is -2.30. The van der Waals surface area contributed by atoms with Gasteiger partial charge in [0.15, 0.2) is 11.5 Å². The van der Waals surface area contributed by atoms with Gasteiger partial charge in [0, 0.05) is 24.0 Å². The Balaban J connectivity index is 2.19. The Morgan fingerprint density at radius 3 is 2.52 bits per heavy atom. The lowest BCUT2D eigenvalue weighted by molar-refractivity contribution is 0.0938. The van der Waals surface area contributed by atoms with Crippen LogP contribution in [-0.2, 0) is 0 Å².